The lowest BCUT2D eigenvalue weighted by Gasteiger charge is -2.44. The summed E-state index contributed by atoms with van der Waals surface area (Å²) in [6.45, 7) is 2.07. The Morgan fingerprint density at radius 2 is 1.20 bits per heavy atom. The Morgan fingerprint density at radius 1 is 0.482 bits per heavy atom. The normalized spacial score (nSPS) is 13.2. The van der Waals surface area contributed by atoms with Crippen molar-refractivity contribution in [3.05, 3.63) is 181 Å². The molecule has 2 aromatic heterocycles. The molecule has 2 aliphatic heterocycles. The molecular formula is C50H34BFN4. The zero-order chi connectivity index (χ0) is 37.2. The molecule has 8 aromatic carbocycles. The van der Waals surface area contributed by atoms with E-state index in [1.807, 2.05) is 12.1 Å². The summed E-state index contributed by atoms with van der Waals surface area (Å²) in [4.78, 5) is 4.73. The van der Waals surface area contributed by atoms with Crippen LogP contribution in [-0.2, 0) is 7.05 Å². The highest BCUT2D eigenvalue weighted by Crippen LogP contribution is 2.47. The maximum absolute atomic E-state index is 15.1. The van der Waals surface area contributed by atoms with E-state index in [1.54, 1.807) is 6.07 Å². The lowest BCUT2D eigenvalue weighted by atomic mass is 9.33. The number of halogens is 1. The van der Waals surface area contributed by atoms with Gasteiger partial charge in [0.05, 0.1) is 11.0 Å². The van der Waals surface area contributed by atoms with Crippen molar-refractivity contribution in [1.82, 2.24) is 9.13 Å². The number of rotatable bonds is 3. The van der Waals surface area contributed by atoms with E-state index >= 15 is 4.39 Å². The average Bonchev–Trinajstić information content (AvgIpc) is 3.77. The van der Waals surface area contributed by atoms with E-state index in [0.717, 1.165) is 45.3 Å². The van der Waals surface area contributed by atoms with Crippen LogP contribution in [0.3, 0.4) is 0 Å². The molecule has 0 saturated heterocycles. The third-order valence-corrected chi connectivity index (χ3v) is 12.1. The zero-order valence-corrected chi connectivity index (χ0v) is 30.9. The van der Waals surface area contributed by atoms with Gasteiger partial charge in [-0.05, 0) is 119 Å². The molecule has 4 nitrogen and oxygen atoms in total. The Balaban J connectivity index is 1.27. The first kappa shape index (κ1) is 31.3. The number of anilines is 6. The topological polar surface area (TPSA) is 16.3 Å². The molecule has 0 bridgehead atoms. The minimum atomic E-state index is -0.256. The minimum absolute atomic E-state index is 0.0943. The van der Waals surface area contributed by atoms with E-state index in [1.165, 1.54) is 66.0 Å². The monoisotopic (exact) mass is 720 g/mol. The Morgan fingerprint density at radius 3 is 2.02 bits per heavy atom. The first-order valence-corrected chi connectivity index (χ1v) is 19.2. The van der Waals surface area contributed by atoms with E-state index in [9.17, 15) is 0 Å². The molecule has 0 unspecified atom stereocenters. The predicted molar refractivity (Wildman–Crippen MR) is 233 cm³/mol. The van der Waals surface area contributed by atoms with Gasteiger partial charge in [-0.25, -0.2) is 4.39 Å². The molecule has 4 heterocycles. The van der Waals surface area contributed by atoms with Crippen LogP contribution in [0.25, 0.3) is 49.2 Å². The van der Waals surface area contributed by atoms with Gasteiger partial charge in [0.15, 0.2) is 0 Å². The van der Waals surface area contributed by atoms with Crippen molar-refractivity contribution < 1.29 is 4.39 Å². The van der Waals surface area contributed by atoms with Crippen LogP contribution in [0.4, 0.5) is 38.5 Å². The molecule has 0 amide bonds. The fourth-order valence-electron chi connectivity index (χ4n) is 9.84. The van der Waals surface area contributed by atoms with E-state index in [2.05, 4.69) is 179 Å². The molecule has 6 heteroatoms. The summed E-state index contributed by atoms with van der Waals surface area (Å²) in [7, 11) is 2.11. The van der Waals surface area contributed by atoms with Gasteiger partial charge in [-0.15, -0.1) is 0 Å². The summed E-state index contributed by atoms with van der Waals surface area (Å²) in [5, 5.41) is 6.08. The van der Waals surface area contributed by atoms with E-state index in [0.29, 0.717) is 0 Å². The quantitative estimate of drug-likeness (QED) is 0.169. The molecule has 0 saturated carbocycles. The highest BCUT2D eigenvalue weighted by molar-refractivity contribution is 7.01. The van der Waals surface area contributed by atoms with Gasteiger partial charge in [0.1, 0.15) is 5.82 Å². The summed E-state index contributed by atoms with van der Waals surface area (Å²) >= 11 is 0. The second-order valence-corrected chi connectivity index (χ2v) is 15.3. The van der Waals surface area contributed by atoms with Crippen molar-refractivity contribution in [2.24, 2.45) is 7.05 Å². The Kier molecular flexibility index (Phi) is 6.42. The van der Waals surface area contributed by atoms with Crippen molar-refractivity contribution in [2.45, 2.75) is 6.92 Å². The van der Waals surface area contributed by atoms with Crippen LogP contribution < -0.4 is 26.2 Å². The number of hydrogen-bond donors (Lipinski definition) is 0. The van der Waals surface area contributed by atoms with Crippen LogP contribution in [-0.4, -0.2) is 15.8 Å². The molecule has 0 atom stereocenters. The molecule has 0 N–H and O–H groups in total. The van der Waals surface area contributed by atoms with Crippen molar-refractivity contribution in [3.8, 4) is 5.69 Å². The van der Waals surface area contributed by atoms with Gasteiger partial charge >= 0.3 is 0 Å². The zero-order valence-electron chi connectivity index (χ0n) is 30.9. The van der Waals surface area contributed by atoms with Crippen molar-refractivity contribution in [2.75, 3.05) is 9.80 Å². The van der Waals surface area contributed by atoms with Gasteiger partial charge in [-0.3, -0.25) is 0 Å². The molecule has 0 fully saturated rings. The number of fused-ring (bicyclic) bond motifs is 11. The Bertz CT molecular complexity index is 3270. The van der Waals surface area contributed by atoms with Crippen molar-refractivity contribution >= 4 is 101 Å². The maximum atomic E-state index is 15.1. The van der Waals surface area contributed by atoms with E-state index in [4.69, 9.17) is 0 Å². The van der Waals surface area contributed by atoms with Gasteiger partial charge in [0, 0.05) is 74.7 Å². The summed E-state index contributed by atoms with van der Waals surface area (Å²) in [5.74, 6) is -0.256. The molecule has 12 rings (SSSR count). The van der Waals surface area contributed by atoms with Crippen molar-refractivity contribution in [3.63, 3.8) is 0 Å². The number of aromatic nitrogens is 2. The molecule has 10 aromatic rings. The van der Waals surface area contributed by atoms with Crippen LogP contribution in [0.2, 0.25) is 0 Å². The van der Waals surface area contributed by atoms with Gasteiger partial charge in [0.2, 0.25) is 0 Å². The molecule has 0 radical (unpaired) electrons. The first-order valence-electron chi connectivity index (χ1n) is 19.2. The Hall–Kier alpha value is -7.05. The van der Waals surface area contributed by atoms with Crippen LogP contribution >= 0.6 is 0 Å². The fraction of sp³-hybridized carbons (Fsp3) is 0.0400. The fourth-order valence-corrected chi connectivity index (χ4v) is 9.84. The molecule has 264 valence electrons. The SMILES string of the molecule is Cc1cccc(N2c3cc4c(cc3B3c5c2cccc5N(c2cccc(F)c2)c2ccc5c(ccn5C)c23)c2ccc3ccccc3c2n4-c2ccccc2)c1. The first-order chi connectivity index (χ1) is 27.5. The number of nitrogens with zero attached hydrogens (tertiary/aromatic N) is 4. The highest BCUT2D eigenvalue weighted by atomic mass is 19.1. The molecule has 2 aliphatic rings. The number of hydrogen-bond acceptors (Lipinski definition) is 2. The minimum Gasteiger partial charge on any atom is -0.351 e. The van der Waals surface area contributed by atoms with E-state index in [-0.39, 0.29) is 12.5 Å². The lowest BCUT2D eigenvalue weighted by Crippen LogP contribution is -2.61. The van der Waals surface area contributed by atoms with E-state index < -0.39 is 0 Å². The van der Waals surface area contributed by atoms with Gasteiger partial charge in [0.25, 0.3) is 6.71 Å². The summed E-state index contributed by atoms with van der Waals surface area (Å²) < 4.78 is 19.8. The molecule has 0 aliphatic carbocycles. The second kappa shape index (κ2) is 11.5. The third-order valence-electron chi connectivity index (χ3n) is 12.1. The standard InChI is InChI=1S/C50H34BFN4/c1-31-11-8-16-35(27-31)55-44-20-10-19-43-49(44)51(48-39-25-26-53(2)42(39)23-24-45(48)54(43)36-17-9-13-33(52)28-36)41-29-40-38-22-21-32-12-6-7-18-37(32)50(38)56(46(40)30-47(41)55)34-14-4-3-5-15-34/h3-30H,1-2H3. The van der Waals surface area contributed by atoms with Gasteiger partial charge in [-0.1, -0.05) is 84.9 Å². The molecule has 56 heavy (non-hydrogen) atoms. The highest BCUT2D eigenvalue weighted by Gasteiger charge is 2.44. The summed E-state index contributed by atoms with van der Waals surface area (Å²) in [6.07, 6.45) is 2.16. The molecular weight excluding hydrogens is 686 g/mol. The van der Waals surface area contributed by atoms with Gasteiger partial charge in [-0.2, -0.15) is 0 Å². The predicted octanol–water partition coefficient (Wildman–Crippen LogP) is 11.0. The molecule has 0 spiro atoms. The van der Waals surface area contributed by atoms with Gasteiger partial charge < -0.3 is 18.9 Å². The number of para-hydroxylation sites is 1. The lowest BCUT2D eigenvalue weighted by molar-refractivity contribution is 0.628. The van der Waals surface area contributed by atoms with Crippen LogP contribution in [0.1, 0.15) is 5.56 Å². The smallest absolute Gasteiger partial charge is 0.253 e. The third kappa shape index (κ3) is 4.24. The summed E-state index contributed by atoms with van der Waals surface area (Å²) in [6, 6.07) is 58.1. The van der Waals surface area contributed by atoms with Crippen molar-refractivity contribution in [1.29, 1.82) is 0 Å². The maximum Gasteiger partial charge on any atom is 0.253 e. The van der Waals surface area contributed by atoms with Crippen LogP contribution in [0, 0.1) is 12.7 Å². The number of aryl methyl sites for hydroxylation is 2. The average molecular weight is 721 g/mol. The second-order valence-electron chi connectivity index (χ2n) is 15.3. The van der Waals surface area contributed by atoms with Crippen LogP contribution in [0.15, 0.2) is 170 Å². The van der Waals surface area contributed by atoms with Crippen LogP contribution in [0.5, 0.6) is 0 Å². The summed E-state index contributed by atoms with van der Waals surface area (Å²) in [5.41, 5.74) is 15.9. The Labute approximate surface area is 324 Å². The largest absolute Gasteiger partial charge is 0.351 e. The number of benzene rings is 8.